The van der Waals surface area contributed by atoms with E-state index in [4.69, 9.17) is 9.47 Å². The van der Waals surface area contributed by atoms with Gasteiger partial charge in [-0.15, -0.1) is 0 Å². The number of esters is 1. The van der Waals surface area contributed by atoms with Gasteiger partial charge in [0.05, 0.1) is 13.0 Å². The SMILES string of the molecule is C=C1CCC[C@]2(C)C[C@H]3OC(=O)C(CN4CCc5cc(O)c(OC)cc5[C@H]4C)[C@H]3C[C@@H]12. The molecule has 5 nitrogen and oxygen atoms in total. The van der Waals surface area contributed by atoms with Gasteiger partial charge in [0.25, 0.3) is 0 Å². The Bertz CT molecular complexity index is 911. The van der Waals surface area contributed by atoms with Crippen LogP contribution in [0.1, 0.15) is 63.1 Å². The van der Waals surface area contributed by atoms with Crippen LogP contribution in [0, 0.1) is 23.2 Å². The Morgan fingerprint density at radius 2 is 2.16 bits per heavy atom. The van der Waals surface area contributed by atoms with E-state index in [-0.39, 0.29) is 35.2 Å². The number of hydrogen-bond acceptors (Lipinski definition) is 5. The molecule has 2 heterocycles. The number of allylic oxidation sites excluding steroid dienone is 1. The molecule has 1 saturated heterocycles. The van der Waals surface area contributed by atoms with E-state index in [2.05, 4.69) is 25.3 Å². The Morgan fingerprint density at radius 1 is 1.35 bits per heavy atom. The summed E-state index contributed by atoms with van der Waals surface area (Å²) in [5, 5.41) is 10.1. The fourth-order valence-corrected chi connectivity index (χ4v) is 7.02. The largest absolute Gasteiger partial charge is 0.504 e. The van der Waals surface area contributed by atoms with Crippen molar-refractivity contribution in [3.05, 3.63) is 35.4 Å². The molecule has 6 atom stereocenters. The lowest BCUT2D eigenvalue weighted by Crippen LogP contribution is -2.46. The Hall–Kier alpha value is -2.01. The molecule has 2 aliphatic heterocycles. The molecule has 2 aliphatic carbocycles. The second-order valence-electron chi connectivity index (χ2n) is 10.5. The molecule has 1 aromatic rings. The first-order valence-electron chi connectivity index (χ1n) is 11.8. The van der Waals surface area contributed by atoms with Crippen LogP contribution < -0.4 is 4.74 Å². The topological polar surface area (TPSA) is 59.0 Å². The molecule has 0 aromatic heterocycles. The van der Waals surface area contributed by atoms with Gasteiger partial charge in [0.1, 0.15) is 6.10 Å². The zero-order valence-electron chi connectivity index (χ0n) is 19.0. The Balaban J connectivity index is 1.36. The monoisotopic (exact) mass is 425 g/mol. The van der Waals surface area contributed by atoms with Gasteiger partial charge in [-0.05, 0) is 80.0 Å². The second-order valence-corrected chi connectivity index (χ2v) is 10.5. The van der Waals surface area contributed by atoms with Crippen molar-refractivity contribution in [3.8, 4) is 11.5 Å². The van der Waals surface area contributed by atoms with Crippen molar-refractivity contribution in [2.24, 2.45) is 23.2 Å². The zero-order chi connectivity index (χ0) is 21.9. The molecule has 1 N–H and O–H groups in total. The molecular weight excluding hydrogens is 390 g/mol. The molecular formula is C26H35NO4. The highest BCUT2D eigenvalue weighted by Gasteiger charge is 2.55. The highest BCUT2D eigenvalue weighted by molar-refractivity contribution is 5.75. The highest BCUT2D eigenvalue weighted by Crippen LogP contribution is 2.57. The maximum Gasteiger partial charge on any atom is 0.310 e. The molecule has 0 radical (unpaired) electrons. The van der Waals surface area contributed by atoms with E-state index in [1.165, 1.54) is 29.5 Å². The molecule has 168 valence electrons. The lowest BCUT2D eigenvalue weighted by Gasteiger charge is -2.50. The van der Waals surface area contributed by atoms with Gasteiger partial charge in [-0.3, -0.25) is 9.69 Å². The highest BCUT2D eigenvalue weighted by atomic mass is 16.6. The van der Waals surface area contributed by atoms with E-state index in [9.17, 15) is 9.90 Å². The van der Waals surface area contributed by atoms with Gasteiger partial charge in [-0.25, -0.2) is 0 Å². The van der Waals surface area contributed by atoms with Gasteiger partial charge in [0.15, 0.2) is 11.5 Å². The first-order valence-corrected chi connectivity index (χ1v) is 11.8. The van der Waals surface area contributed by atoms with Gasteiger partial charge in [0, 0.05) is 25.0 Å². The third kappa shape index (κ3) is 3.36. The van der Waals surface area contributed by atoms with Crippen LogP contribution in [0.15, 0.2) is 24.3 Å². The van der Waals surface area contributed by atoms with Crippen molar-refractivity contribution in [1.29, 1.82) is 0 Å². The molecule has 1 unspecified atom stereocenters. The molecule has 5 rings (SSSR count). The average molecular weight is 426 g/mol. The van der Waals surface area contributed by atoms with E-state index in [0.29, 0.717) is 17.6 Å². The number of phenols is 1. The number of fused-ring (bicyclic) bond motifs is 3. The number of phenolic OH excluding ortho intramolecular Hbond substituents is 1. The van der Waals surface area contributed by atoms with Crippen molar-refractivity contribution in [1.82, 2.24) is 4.90 Å². The fourth-order valence-electron chi connectivity index (χ4n) is 7.02. The molecule has 0 amide bonds. The summed E-state index contributed by atoms with van der Waals surface area (Å²) in [5.74, 6) is 1.45. The van der Waals surface area contributed by atoms with Crippen LogP contribution in [0.4, 0.5) is 0 Å². The van der Waals surface area contributed by atoms with Crippen LogP contribution in [0.2, 0.25) is 0 Å². The van der Waals surface area contributed by atoms with Crippen LogP contribution in [0.3, 0.4) is 0 Å². The molecule has 2 saturated carbocycles. The number of benzene rings is 1. The van der Waals surface area contributed by atoms with Crippen molar-refractivity contribution in [2.75, 3.05) is 20.2 Å². The summed E-state index contributed by atoms with van der Waals surface area (Å²) < 4.78 is 11.3. The zero-order valence-corrected chi connectivity index (χ0v) is 19.0. The van der Waals surface area contributed by atoms with E-state index < -0.39 is 0 Å². The number of ether oxygens (including phenoxy) is 2. The predicted octanol–water partition coefficient (Wildman–Crippen LogP) is 4.63. The number of carbonyl (C=O) groups is 1. The van der Waals surface area contributed by atoms with Crippen molar-refractivity contribution in [2.45, 2.75) is 64.5 Å². The third-order valence-corrected chi connectivity index (χ3v) is 8.86. The minimum Gasteiger partial charge on any atom is -0.504 e. The van der Waals surface area contributed by atoms with Crippen molar-refractivity contribution < 1.29 is 19.4 Å². The first-order chi connectivity index (χ1) is 14.8. The maximum atomic E-state index is 13.0. The first kappa shape index (κ1) is 20.9. The Labute approximate surface area is 185 Å². The molecule has 5 heteroatoms. The predicted molar refractivity (Wildman–Crippen MR) is 119 cm³/mol. The Morgan fingerprint density at radius 3 is 2.94 bits per heavy atom. The van der Waals surface area contributed by atoms with Crippen LogP contribution in [-0.4, -0.2) is 42.3 Å². The van der Waals surface area contributed by atoms with E-state index >= 15 is 0 Å². The van der Waals surface area contributed by atoms with Gasteiger partial charge in [-0.2, -0.15) is 0 Å². The lowest BCUT2D eigenvalue weighted by atomic mass is 9.55. The molecule has 31 heavy (non-hydrogen) atoms. The summed E-state index contributed by atoms with van der Waals surface area (Å²) in [7, 11) is 1.58. The molecule has 4 aliphatic rings. The number of rotatable bonds is 3. The average Bonchev–Trinajstić information content (AvgIpc) is 3.02. The molecule has 3 fully saturated rings. The molecule has 0 spiro atoms. The Kier molecular flexibility index (Phi) is 5.08. The quantitative estimate of drug-likeness (QED) is 0.565. The summed E-state index contributed by atoms with van der Waals surface area (Å²) in [6.07, 6.45) is 6.52. The summed E-state index contributed by atoms with van der Waals surface area (Å²) in [5.41, 5.74) is 3.97. The minimum atomic E-state index is -0.0627. The van der Waals surface area contributed by atoms with E-state index in [1.54, 1.807) is 7.11 Å². The van der Waals surface area contributed by atoms with Crippen LogP contribution in [-0.2, 0) is 16.0 Å². The summed E-state index contributed by atoms with van der Waals surface area (Å²) in [6.45, 7) is 10.6. The van der Waals surface area contributed by atoms with Gasteiger partial charge < -0.3 is 14.6 Å². The molecule has 1 aromatic carbocycles. The minimum absolute atomic E-state index is 0.0101. The maximum absolute atomic E-state index is 13.0. The summed E-state index contributed by atoms with van der Waals surface area (Å²) in [4.78, 5) is 15.4. The van der Waals surface area contributed by atoms with Crippen LogP contribution >= 0.6 is 0 Å². The normalized spacial score (nSPS) is 37.6. The van der Waals surface area contributed by atoms with Crippen LogP contribution in [0.25, 0.3) is 0 Å². The van der Waals surface area contributed by atoms with E-state index in [0.717, 1.165) is 38.8 Å². The lowest BCUT2D eigenvalue weighted by molar-refractivity contribution is -0.146. The van der Waals surface area contributed by atoms with E-state index in [1.807, 2.05) is 12.1 Å². The number of nitrogens with zero attached hydrogens (tertiary/aromatic N) is 1. The van der Waals surface area contributed by atoms with Crippen molar-refractivity contribution in [3.63, 3.8) is 0 Å². The smallest absolute Gasteiger partial charge is 0.310 e. The summed E-state index contributed by atoms with van der Waals surface area (Å²) >= 11 is 0. The van der Waals surface area contributed by atoms with Gasteiger partial charge in [0.2, 0.25) is 0 Å². The van der Waals surface area contributed by atoms with Crippen molar-refractivity contribution >= 4 is 5.97 Å². The number of aromatic hydroxyl groups is 1. The third-order valence-electron chi connectivity index (χ3n) is 8.86. The van der Waals surface area contributed by atoms with Gasteiger partial charge >= 0.3 is 5.97 Å². The molecule has 0 bridgehead atoms. The number of hydrogen-bond donors (Lipinski definition) is 1. The van der Waals surface area contributed by atoms with Crippen LogP contribution in [0.5, 0.6) is 11.5 Å². The van der Waals surface area contributed by atoms with Gasteiger partial charge in [-0.1, -0.05) is 19.1 Å². The number of methoxy groups -OCH3 is 1. The standard InChI is InChI=1S/C26H35NO4/c1-15-6-5-8-26(3)13-24-19(11-21(15)26)20(25(29)31-24)14-27-9-7-17-10-22(28)23(30-4)12-18(17)16(27)2/h10,12,16,19-21,24,28H,1,5-9,11,13-14H2,2-4H3/t16-,19-,20?,21+,24-,26-/m1/s1. The second kappa shape index (κ2) is 7.54. The summed E-state index contributed by atoms with van der Waals surface area (Å²) in [6, 6.07) is 3.96. The fraction of sp³-hybridized carbons (Fsp3) is 0.654. The number of carbonyl (C=O) groups excluding carboxylic acids is 1.